The fourth-order valence-electron chi connectivity index (χ4n) is 1.19. The van der Waals surface area contributed by atoms with E-state index in [0.29, 0.717) is 6.54 Å². The molecule has 0 aliphatic carbocycles. The normalized spacial score (nSPS) is 12.0. The molecule has 1 aromatic rings. The first-order chi connectivity index (χ1) is 6.01. The molecule has 13 heavy (non-hydrogen) atoms. The molecule has 0 saturated carbocycles. The Hall–Kier alpha value is -0.830. The van der Waals surface area contributed by atoms with Crippen molar-refractivity contribution in [1.29, 1.82) is 0 Å². The van der Waals surface area contributed by atoms with Gasteiger partial charge in [-0.25, -0.2) is 4.98 Å². The van der Waals surface area contributed by atoms with E-state index in [2.05, 4.69) is 31.1 Å². The van der Waals surface area contributed by atoms with Crippen LogP contribution in [0.2, 0.25) is 0 Å². The number of hydrogen-bond acceptors (Lipinski definition) is 3. The molecule has 3 nitrogen and oxygen atoms in total. The molecule has 0 amide bonds. The van der Waals surface area contributed by atoms with E-state index < -0.39 is 0 Å². The molecule has 3 heteroatoms. The van der Waals surface area contributed by atoms with E-state index in [0.717, 1.165) is 18.1 Å². The Morgan fingerprint density at radius 1 is 1.46 bits per heavy atom. The van der Waals surface area contributed by atoms with Crippen molar-refractivity contribution in [2.75, 3.05) is 7.05 Å². The maximum Gasteiger partial charge on any atom is 0.208 e. The summed E-state index contributed by atoms with van der Waals surface area (Å²) in [6.45, 7) is 7.26. The summed E-state index contributed by atoms with van der Waals surface area (Å²) in [4.78, 5) is 4.16. The lowest BCUT2D eigenvalue weighted by atomic mass is 9.91. The number of oxazole rings is 1. The summed E-state index contributed by atoms with van der Waals surface area (Å²) in [5.74, 6) is 1.74. The maximum absolute atomic E-state index is 5.53. The molecule has 1 heterocycles. The first-order valence-electron chi connectivity index (χ1n) is 4.59. The Morgan fingerprint density at radius 3 is 2.69 bits per heavy atom. The third kappa shape index (κ3) is 3.59. The van der Waals surface area contributed by atoms with Crippen LogP contribution in [-0.2, 0) is 13.0 Å². The fourth-order valence-corrected chi connectivity index (χ4v) is 1.19. The Bertz CT molecular complexity index is 260. The molecule has 0 radical (unpaired) electrons. The van der Waals surface area contributed by atoms with Gasteiger partial charge >= 0.3 is 0 Å². The van der Waals surface area contributed by atoms with Gasteiger partial charge in [0.2, 0.25) is 5.89 Å². The molecule has 1 N–H and O–H groups in total. The standard InChI is InChI=1S/C10H18N2O/c1-10(2,3)5-8-6-12-9(13-8)7-11-4/h6,11H,5,7H2,1-4H3. The topological polar surface area (TPSA) is 38.1 Å². The molecule has 0 fully saturated rings. The predicted molar refractivity (Wildman–Crippen MR) is 52.4 cm³/mol. The Kier molecular flexibility index (Phi) is 3.09. The third-order valence-electron chi connectivity index (χ3n) is 1.63. The summed E-state index contributed by atoms with van der Waals surface area (Å²) in [5.41, 5.74) is 0.260. The molecule has 0 unspecified atom stereocenters. The van der Waals surface area contributed by atoms with Gasteiger partial charge in [-0.15, -0.1) is 0 Å². The average molecular weight is 182 g/mol. The molecule has 0 aromatic carbocycles. The zero-order valence-electron chi connectivity index (χ0n) is 8.85. The molecule has 1 aromatic heterocycles. The smallest absolute Gasteiger partial charge is 0.208 e. The minimum atomic E-state index is 0.260. The number of hydrogen-bond donors (Lipinski definition) is 1. The minimum Gasteiger partial charge on any atom is -0.444 e. The highest BCUT2D eigenvalue weighted by Gasteiger charge is 2.14. The molecule has 0 atom stereocenters. The van der Waals surface area contributed by atoms with Gasteiger partial charge in [-0.2, -0.15) is 0 Å². The van der Waals surface area contributed by atoms with Crippen molar-refractivity contribution in [2.45, 2.75) is 33.7 Å². The van der Waals surface area contributed by atoms with Crippen molar-refractivity contribution >= 4 is 0 Å². The van der Waals surface area contributed by atoms with Crippen molar-refractivity contribution in [3.63, 3.8) is 0 Å². The van der Waals surface area contributed by atoms with Crippen LogP contribution in [0, 0.1) is 5.41 Å². The highest BCUT2D eigenvalue weighted by molar-refractivity contribution is 4.96. The van der Waals surface area contributed by atoms with E-state index in [1.54, 1.807) is 0 Å². The lowest BCUT2D eigenvalue weighted by Gasteiger charge is -2.15. The van der Waals surface area contributed by atoms with Crippen molar-refractivity contribution < 1.29 is 4.42 Å². The SMILES string of the molecule is CNCc1ncc(CC(C)(C)C)o1. The second-order valence-electron chi connectivity index (χ2n) is 4.49. The minimum absolute atomic E-state index is 0.260. The molecular formula is C10H18N2O. The van der Waals surface area contributed by atoms with Gasteiger partial charge in [0.15, 0.2) is 0 Å². The Balaban J connectivity index is 2.59. The van der Waals surface area contributed by atoms with E-state index in [4.69, 9.17) is 4.42 Å². The van der Waals surface area contributed by atoms with Crippen LogP contribution >= 0.6 is 0 Å². The van der Waals surface area contributed by atoms with Gasteiger partial charge in [-0.3, -0.25) is 0 Å². The van der Waals surface area contributed by atoms with Crippen LogP contribution in [-0.4, -0.2) is 12.0 Å². The number of aromatic nitrogens is 1. The van der Waals surface area contributed by atoms with Gasteiger partial charge in [0.25, 0.3) is 0 Å². The Labute approximate surface area is 79.5 Å². The molecule has 0 aliphatic heterocycles. The van der Waals surface area contributed by atoms with Gasteiger partial charge in [0, 0.05) is 6.42 Å². The lowest BCUT2D eigenvalue weighted by Crippen LogP contribution is -2.08. The lowest BCUT2D eigenvalue weighted by molar-refractivity contribution is 0.350. The van der Waals surface area contributed by atoms with Crippen molar-refractivity contribution in [3.05, 3.63) is 17.8 Å². The van der Waals surface area contributed by atoms with Gasteiger partial charge < -0.3 is 9.73 Å². The van der Waals surface area contributed by atoms with Crippen LogP contribution in [0.4, 0.5) is 0 Å². The highest BCUT2D eigenvalue weighted by atomic mass is 16.4. The summed E-state index contributed by atoms with van der Waals surface area (Å²) in [7, 11) is 1.88. The summed E-state index contributed by atoms with van der Waals surface area (Å²) < 4.78 is 5.53. The largest absolute Gasteiger partial charge is 0.444 e. The molecular weight excluding hydrogens is 164 g/mol. The Morgan fingerprint density at radius 2 is 2.15 bits per heavy atom. The van der Waals surface area contributed by atoms with Crippen LogP contribution in [0.25, 0.3) is 0 Å². The van der Waals surface area contributed by atoms with Crippen LogP contribution in [0.5, 0.6) is 0 Å². The fraction of sp³-hybridized carbons (Fsp3) is 0.700. The monoisotopic (exact) mass is 182 g/mol. The molecule has 0 saturated heterocycles. The maximum atomic E-state index is 5.53. The second kappa shape index (κ2) is 3.92. The number of nitrogens with one attached hydrogen (secondary N) is 1. The first-order valence-corrected chi connectivity index (χ1v) is 4.59. The first kappa shape index (κ1) is 10.3. The van der Waals surface area contributed by atoms with Gasteiger partial charge in [-0.05, 0) is 12.5 Å². The van der Waals surface area contributed by atoms with E-state index in [-0.39, 0.29) is 5.41 Å². The van der Waals surface area contributed by atoms with E-state index in [1.807, 2.05) is 13.2 Å². The summed E-state index contributed by atoms with van der Waals surface area (Å²) in [6.07, 6.45) is 2.75. The highest BCUT2D eigenvalue weighted by Crippen LogP contribution is 2.20. The molecule has 0 bridgehead atoms. The van der Waals surface area contributed by atoms with Gasteiger partial charge in [-0.1, -0.05) is 20.8 Å². The van der Waals surface area contributed by atoms with Crippen LogP contribution in [0.15, 0.2) is 10.6 Å². The number of rotatable bonds is 3. The zero-order chi connectivity index (χ0) is 9.90. The molecule has 0 aliphatic rings. The third-order valence-corrected chi connectivity index (χ3v) is 1.63. The van der Waals surface area contributed by atoms with E-state index >= 15 is 0 Å². The van der Waals surface area contributed by atoms with Crippen LogP contribution in [0.3, 0.4) is 0 Å². The summed E-state index contributed by atoms with van der Waals surface area (Å²) in [5, 5.41) is 3.00. The molecule has 1 rings (SSSR count). The van der Waals surface area contributed by atoms with Crippen LogP contribution < -0.4 is 5.32 Å². The molecule has 0 spiro atoms. The van der Waals surface area contributed by atoms with Crippen LogP contribution in [0.1, 0.15) is 32.4 Å². The quantitative estimate of drug-likeness (QED) is 0.776. The predicted octanol–water partition coefficient (Wildman–Crippen LogP) is 1.98. The molecule has 74 valence electrons. The van der Waals surface area contributed by atoms with Gasteiger partial charge in [0.1, 0.15) is 5.76 Å². The summed E-state index contributed by atoms with van der Waals surface area (Å²) in [6, 6.07) is 0. The van der Waals surface area contributed by atoms with E-state index in [1.165, 1.54) is 0 Å². The average Bonchev–Trinajstić information content (AvgIpc) is 2.33. The zero-order valence-corrected chi connectivity index (χ0v) is 8.85. The van der Waals surface area contributed by atoms with E-state index in [9.17, 15) is 0 Å². The van der Waals surface area contributed by atoms with Gasteiger partial charge in [0.05, 0.1) is 12.7 Å². The second-order valence-corrected chi connectivity index (χ2v) is 4.49. The summed E-state index contributed by atoms with van der Waals surface area (Å²) >= 11 is 0. The number of nitrogens with zero attached hydrogens (tertiary/aromatic N) is 1. The van der Waals surface area contributed by atoms with Crippen molar-refractivity contribution in [1.82, 2.24) is 10.3 Å². The van der Waals surface area contributed by atoms with Crippen molar-refractivity contribution in [3.8, 4) is 0 Å². The van der Waals surface area contributed by atoms with Crippen molar-refractivity contribution in [2.24, 2.45) is 5.41 Å².